The number of anilines is 1. The molecule has 0 bridgehead atoms. The van der Waals surface area contributed by atoms with Gasteiger partial charge in [0.1, 0.15) is 0 Å². The van der Waals surface area contributed by atoms with E-state index in [2.05, 4.69) is 10.6 Å². The van der Waals surface area contributed by atoms with Crippen molar-refractivity contribution in [3.63, 3.8) is 0 Å². The minimum absolute atomic E-state index is 0.0606. The van der Waals surface area contributed by atoms with Crippen molar-refractivity contribution < 1.29 is 14.4 Å². The van der Waals surface area contributed by atoms with Gasteiger partial charge in [0, 0.05) is 18.0 Å². The number of rotatable bonds is 6. The first-order valence-corrected chi connectivity index (χ1v) is 8.89. The summed E-state index contributed by atoms with van der Waals surface area (Å²) in [5.74, 6) is -0.505. The molecule has 0 aromatic heterocycles. The number of likely N-dealkylation sites (N-methyl/N-ethyl adjacent to an activating group) is 1. The Kier molecular flexibility index (Phi) is 6.22. The van der Waals surface area contributed by atoms with Gasteiger partial charge in [-0.2, -0.15) is 0 Å². The van der Waals surface area contributed by atoms with E-state index in [1.165, 1.54) is 4.90 Å². The molecule has 7 nitrogen and oxygen atoms in total. The van der Waals surface area contributed by atoms with E-state index in [1.807, 2.05) is 30.5 Å². The fourth-order valence-corrected chi connectivity index (χ4v) is 2.95. The molecule has 4 amide bonds. The first-order chi connectivity index (χ1) is 11.4. The van der Waals surface area contributed by atoms with Crippen LogP contribution >= 0.6 is 11.8 Å². The van der Waals surface area contributed by atoms with Crippen LogP contribution in [-0.4, -0.2) is 66.6 Å². The van der Waals surface area contributed by atoms with Crippen molar-refractivity contribution in [2.45, 2.75) is 17.9 Å². The second-order valence-electron chi connectivity index (χ2n) is 5.56. The van der Waals surface area contributed by atoms with Crippen LogP contribution in [0.3, 0.4) is 0 Å². The molecule has 0 spiro atoms. The van der Waals surface area contributed by atoms with Gasteiger partial charge in [0.2, 0.25) is 11.8 Å². The van der Waals surface area contributed by atoms with Gasteiger partial charge in [-0.3, -0.25) is 19.4 Å². The topological polar surface area (TPSA) is 81.8 Å². The second-order valence-corrected chi connectivity index (χ2v) is 6.41. The highest BCUT2D eigenvalue weighted by Gasteiger charge is 2.31. The molecule has 1 heterocycles. The molecule has 0 unspecified atom stereocenters. The van der Waals surface area contributed by atoms with Gasteiger partial charge in [-0.05, 0) is 32.4 Å². The van der Waals surface area contributed by atoms with Crippen molar-refractivity contribution in [3.05, 3.63) is 24.3 Å². The van der Waals surface area contributed by atoms with E-state index in [4.69, 9.17) is 0 Å². The molecular weight excluding hydrogens is 328 g/mol. The summed E-state index contributed by atoms with van der Waals surface area (Å²) in [5.41, 5.74) is 0.751. The molecule has 2 N–H and O–H groups in total. The number of carbonyl (C=O) groups excluding carboxylic acids is 3. The Labute approximate surface area is 145 Å². The van der Waals surface area contributed by atoms with Crippen LogP contribution in [0.5, 0.6) is 0 Å². The maximum absolute atomic E-state index is 12.3. The molecule has 1 saturated heterocycles. The number of para-hydroxylation sites is 1. The Hall–Kier alpha value is -2.06. The largest absolute Gasteiger partial charge is 0.336 e. The average molecular weight is 350 g/mol. The quantitative estimate of drug-likeness (QED) is 0.754. The zero-order valence-electron chi connectivity index (χ0n) is 14.0. The smallest absolute Gasteiger partial charge is 0.324 e. The summed E-state index contributed by atoms with van der Waals surface area (Å²) in [6.45, 7) is 2.58. The third-order valence-corrected chi connectivity index (χ3v) is 4.71. The number of amides is 4. The van der Waals surface area contributed by atoms with Crippen molar-refractivity contribution in [1.29, 1.82) is 0 Å². The molecule has 1 fully saturated rings. The zero-order chi connectivity index (χ0) is 17.7. The lowest BCUT2D eigenvalue weighted by molar-refractivity contribution is -0.132. The number of nitrogens with zero attached hydrogens (tertiary/aromatic N) is 2. The molecule has 8 heteroatoms. The lowest BCUT2D eigenvalue weighted by atomic mass is 10.2. The Balaban J connectivity index is 1.93. The summed E-state index contributed by atoms with van der Waals surface area (Å²) in [6, 6.07) is 6.61. The highest BCUT2D eigenvalue weighted by Crippen LogP contribution is 2.24. The average Bonchev–Trinajstić information content (AvgIpc) is 2.99. The van der Waals surface area contributed by atoms with Crippen LogP contribution < -0.4 is 10.6 Å². The van der Waals surface area contributed by atoms with E-state index in [1.54, 1.807) is 30.6 Å². The molecule has 1 aromatic rings. The number of thioether (sulfide) groups is 1. The van der Waals surface area contributed by atoms with Gasteiger partial charge in [-0.25, -0.2) is 4.79 Å². The van der Waals surface area contributed by atoms with Gasteiger partial charge in [0.05, 0.1) is 18.3 Å². The van der Waals surface area contributed by atoms with E-state index in [9.17, 15) is 14.4 Å². The molecular formula is C16H22N4O3S. The van der Waals surface area contributed by atoms with Gasteiger partial charge in [-0.1, -0.05) is 12.1 Å². The first kappa shape index (κ1) is 18.3. The maximum atomic E-state index is 12.3. The third kappa shape index (κ3) is 4.27. The fraction of sp³-hybridized carbons (Fsp3) is 0.438. The predicted molar refractivity (Wildman–Crippen MR) is 94.1 cm³/mol. The summed E-state index contributed by atoms with van der Waals surface area (Å²) < 4.78 is 0. The minimum Gasteiger partial charge on any atom is -0.336 e. The van der Waals surface area contributed by atoms with E-state index >= 15 is 0 Å². The highest BCUT2D eigenvalue weighted by molar-refractivity contribution is 7.98. The normalized spacial score (nSPS) is 15.3. The van der Waals surface area contributed by atoms with Crippen LogP contribution in [0.4, 0.5) is 10.5 Å². The van der Waals surface area contributed by atoms with Crippen molar-refractivity contribution >= 4 is 35.3 Å². The van der Waals surface area contributed by atoms with Crippen LogP contribution in [0.25, 0.3) is 0 Å². The molecule has 130 valence electrons. The molecule has 2 rings (SSSR count). The molecule has 1 aromatic carbocycles. The van der Waals surface area contributed by atoms with E-state index < -0.39 is 6.04 Å². The van der Waals surface area contributed by atoms with E-state index in [0.29, 0.717) is 13.1 Å². The lowest BCUT2D eigenvalue weighted by Crippen LogP contribution is -2.48. The van der Waals surface area contributed by atoms with Crippen LogP contribution in [0.2, 0.25) is 0 Å². The summed E-state index contributed by atoms with van der Waals surface area (Å²) in [5, 5.41) is 5.46. The number of imide groups is 1. The van der Waals surface area contributed by atoms with Gasteiger partial charge in [-0.15, -0.1) is 11.8 Å². The standard InChI is InChI=1S/C16H22N4O3S/c1-11(15(22)20-9-8-17-16(20)23)19(2)10-14(21)18-12-6-4-5-7-13(12)24-3/h4-7,11H,8-10H2,1-3H3,(H,17,23)(H,18,21)/t11-/m0/s1. The number of hydrogen-bond acceptors (Lipinski definition) is 5. The molecule has 0 saturated carbocycles. The Morgan fingerprint density at radius 1 is 1.42 bits per heavy atom. The number of hydrogen-bond donors (Lipinski definition) is 2. The van der Waals surface area contributed by atoms with Gasteiger partial charge in [0.25, 0.3) is 0 Å². The molecule has 1 aliphatic rings. The molecule has 0 aliphatic carbocycles. The Morgan fingerprint density at radius 3 is 2.75 bits per heavy atom. The summed E-state index contributed by atoms with van der Waals surface area (Å²) in [4.78, 5) is 39.9. The van der Waals surface area contributed by atoms with E-state index in [-0.39, 0.29) is 24.4 Å². The number of nitrogens with one attached hydrogen (secondary N) is 2. The minimum atomic E-state index is -0.560. The van der Waals surface area contributed by atoms with Crippen molar-refractivity contribution in [3.8, 4) is 0 Å². The van der Waals surface area contributed by atoms with Crippen LogP contribution in [0, 0.1) is 0 Å². The molecule has 1 aliphatic heterocycles. The van der Waals surface area contributed by atoms with Gasteiger partial charge in [0.15, 0.2) is 0 Å². The van der Waals surface area contributed by atoms with Crippen LogP contribution in [-0.2, 0) is 9.59 Å². The molecule has 0 radical (unpaired) electrons. The summed E-state index contributed by atoms with van der Waals surface area (Å²) >= 11 is 1.55. The number of urea groups is 1. The SMILES string of the molecule is CSc1ccccc1NC(=O)CN(C)[C@@H](C)C(=O)N1CCNC1=O. The highest BCUT2D eigenvalue weighted by atomic mass is 32.2. The van der Waals surface area contributed by atoms with Crippen molar-refractivity contribution in [2.24, 2.45) is 0 Å². The van der Waals surface area contributed by atoms with E-state index in [0.717, 1.165) is 10.6 Å². The maximum Gasteiger partial charge on any atom is 0.324 e. The number of carbonyl (C=O) groups is 3. The fourth-order valence-electron chi connectivity index (χ4n) is 2.40. The Bertz CT molecular complexity index is 638. The van der Waals surface area contributed by atoms with Gasteiger partial charge < -0.3 is 10.6 Å². The second kappa shape index (κ2) is 8.16. The molecule has 1 atom stereocenters. The summed E-state index contributed by atoms with van der Waals surface area (Å²) in [6.07, 6.45) is 1.94. The van der Waals surface area contributed by atoms with Crippen molar-refractivity contribution in [1.82, 2.24) is 15.1 Å². The van der Waals surface area contributed by atoms with Gasteiger partial charge >= 0.3 is 6.03 Å². The first-order valence-electron chi connectivity index (χ1n) is 7.66. The lowest BCUT2D eigenvalue weighted by Gasteiger charge is -2.26. The zero-order valence-corrected chi connectivity index (χ0v) is 14.9. The summed E-state index contributed by atoms with van der Waals surface area (Å²) in [7, 11) is 1.69. The molecule has 24 heavy (non-hydrogen) atoms. The van der Waals surface area contributed by atoms with Crippen LogP contribution in [0.15, 0.2) is 29.2 Å². The van der Waals surface area contributed by atoms with Crippen LogP contribution in [0.1, 0.15) is 6.92 Å². The third-order valence-electron chi connectivity index (χ3n) is 3.92. The number of benzene rings is 1. The monoisotopic (exact) mass is 350 g/mol. The van der Waals surface area contributed by atoms with Crippen molar-refractivity contribution in [2.75, 3.05) is 38.3 Å². The predicted octanol–water partition coefficient (Wildman–Crippen LogP) is 1.22. The Morgan fingerprint density at radius 2 is 2.12 bits per heavy atom.